The van der Waals surface area contributed by atoms with Crippen molar-refractivity contribution in [3.8, 4) is 17.1 Å². The summed E-state index contributed by atoms with van der Waals surface area (Å²) in [5, 5.41) is 7.04. The predicted octanol–water partition coefficient (Wildman–Crippen LogP) is 5.01. The van der Waals surface area contributed by atoms with Crippen molar-refractivity contribution in [3.05, 3.63) is 83.5 Å². The van der Waals surface area contributed by atoms with Crippen LogP contribution in [0, 0.1) is 0 Å². The number of hydrogen-bond acceptors (Lipinski definition) is 8. The third-order valence-electron chi connectivity index (χ3n) is 5.24. The second-order valence-corrected chi connectivity index (χ2v) is 8.53. The van der Waals surface area contributed by atoms with Gasteiger partial charge in [0.05, 0.1) is 24.2 Å². The van der Waals surface area contributed by atoms with Crippen LogP contribution < -0.4 is 15.4 Å². The molecule has 0 saturated carbocycles. The van der Waals surface area contributed by atoms with E-state index in [4.69, 9.17) is 14.7 Å². The molecule has 0 unspecified atom stereocenters. The van der Waals surface area contributed by atoms with E-state index in [2.05, 4.69) is 27.3 Å². The minimum atomic E-state index is -0.208. The molecule has 4 aromatic rings. The van der Waals surface area contributed by atoms with Crippen LogP contribution in [0.25, 0.3) is 28.0 Å². The maximum Gasteiger partial charge on any atom is 0.259 e. The zero-order valence-corrected chi connectivity index (χ0v) is 20.9. The van der Waals surface area contributed by atoms with Gasteiger partial charge < -0.3 is 15.4 Å². The number of pyridine rings is 1. The number of rotatable bonds is 10. The van der Waals surface area contributed by atoms with Gasteiger partial charge in [0.25, 0.3) is 5.91 Å². The van der Waals surface area contributed by atoms with Gasteiger partial charge in [-0.1, -0.05) is 42.1 Å². The minimum absolute atomic E-state index is 0.208. The number of carbonyl (C=O) groups is 1. The molecule has 0 atom stereocenters. The Morgan fingerprint density at radius 1 is 1.11 bits per heavy atom. The second kappa shape index (κ2) is 11.9. The largest absolute Gasteiger partial charge is 0.497 e. The smallest absolute Gasteiger partial charge is 0.259 e. The fraction of sp³-hybridized carbons (Fsp3) is 0.148. The molecule has 0 radical (unpaired) electrons. The van der Waals surface area contributed by atoms with E-state index in [0.717, 1.165) is 22.0 Å². The molecule has 2 aromatic carbocycles. The molecule has 9 heteroatoms. The van der Waals surface area contributed by atoms with E-state index in [1.807, 2.05) is 67.6 Å². The first-order valence-corrected chi connectivity index (χ1v) is 12.3. The third-order valence-corrected chi connectivity index (χ3v) is 6.20. The Labute approximate surface area is 214 Å². The van der Waals surface area contributed by atoms with E-state index in [-0.39, 0.29) is 5.91 Å². The zero-order chi connectivity index (χ0) is 25.3. The molecular formula is C27H26N6O2S. The molecule has 2 N–H and O–H groups in total. The van der Waals surface area contributed by atoms with Gasteiger partial charge in [-0.2, -0.15) is 0 Å². The lowest BCUT2D eigenvalue weighted by Crippen LogP contribution is -2.24. The Morgan fingerprint density at radius 3 is 2.64 bits per heavy atom. The maximum absolute atomic E-state index is 12.9. The number of ether oxygens (including phenoxy) is 1. The molecule has 0 aliphatic rings. The highest BCUT2D eigenvalue weighted by Gasteiger charge is 2.18. The number of aliphatic imine (C=N–C) groups is 1. The fourth-order valence-electron chi connectivity index (χ4n) is 3.54. The number of fused-ring (bicyclic) bond motifs is 1. The van der Waals surface area contributed by atoms with Gasteiger partial charge in [0.2, 0.25) is 0 Å². The number of carbonyl (C=O) groups excluding carboxylic acids is 1. The molecule has 0 spiro atoms. The van der Waals surface area contributed by atoms with E-state index in [0.29, 0.717) is 40.4 Å². The number of hydrogen-bond donors (Lipinski definition) is 2. The molecule has 1 amide bonds. The summed E-state index contributed by atoms with van der Waals surface area (Å²) in [5.74, 6) is 2.01. The molecule has 182 valence electrons. The van der Waals surface area contributed by atoms with Gasteiger partial charge in [-0.3, -0.25) is 14.8 Å². The number of methoxy groups -OCH3 is 1. The van der Waals surface area contributed by atoms with E-state index in [1.165, 1.54) is 11.8 Å². The highest BCUT2D eigenvalue weighted by molar-refractivity contribution is 8.04. The van der Waals surface area contributed by atoms with Crippen LogP contribution in [0.3, 0.4) is 0 Å². The van der Waals surface area contributed by atoms with Crippen molar-refractivity contribution >= 4 is 46.8 Å². The Bertz CT molecular complexity index is 1390. The fourth-order valence-corrected chi connectivity index (χ4v) is 4.42. The van der Waals surface area contributed by atoms with Crippen LogP contribution in [0.5, 0.6) is 5.75 Å². The second-order valence-electron chi connectivity index (χ2n) is 7.55. The van der Waals surface area contributed by atoms with Gasteiger partial charge in [-0.25, -0.2) is 9.97 Å². The van der Waals surface area contributed by atoms with Crippen molar-refractivity contribution in [1.29, 1.82) is 0 Å². The average Bonchev–Trinajstić information content (AvgIpc) is 2.93. The topological polar surface area (TPSA) is 101 Å². The molecule has 0 fully saturated rings. The lowest BCUT2D eigenvalue weighted by atomic mass is 10.1. The summed E-state index contributed by atoms with van der Waals surface area (Å²) >= 11 is 1.33. The summed E-state index contributed by atoms with van der Waals surface area (Å²) in [6, 6.07) is 18.9. The molecular weight excluding hydrogens is 472 g/mol. The van der Waals surface area contributed by atoms with Crippen LogP contribution in [0.2, 0.25) is 0 Å². The molecule has 8 nitrogen and oxygen atoms in total. The van der Waals surface area contributed by atoms with Crippen LogP contribution >= 0.6 is 11.8 Å². The molecule has 0 aliphatic heterocycles. The van der Waals surface area contributed by atoms with Crippen LogP contribution in [0.15, 0.2) is 83.0 Å². The number of likely N-dealkylation sites (N-methyl/N-ethyl adjacent to an activating group) is 1. The first-order chi connectivity index (χ1) is 17.6. The first kappa shape index (κ1) is 24.9. The molecule has 36 heavy (non-hydrogen) atoms. The highest BCUT2D eigenvalue weighted by Crippen LogP contribution is 2.31. The standard InChI is InChI=1S/C27H26N6O2S/c1-4-30-27(34)24(23(28-2)18-9-6-5-7-10-18)36-17-31-26-21-15-20(35-3)12-13-22(21)32-25(33-26)19-11-8-14-29-16-19/h5-16H,2,4,17H2,1,3H3,(H,30,34)(H,31,32,33)/b24-23-. The van der Waals surface area contributed by atoms with Crippen molar-refractivity contribution in [3.63, 3.8) is 0 Å². The number of aromatic nitrogens is 3. The van der Waals surface area contributed by atoms with E-state index in [1.54, 1.807) is 19.5 Å². The summed E-state index contributed by atoms with van der Waals surface area (Å²) in [6.45, 7) is 6.09. The Hall–Kier alpha value is -4.24. The molecule has 2 heterocycles. The number of nitrogens with one attached hydrogen (secondary N) is 2. The molecule has 0 saturated heterocycles. The summed E-state index contributed by atoms with van der Waals surface area (Å²) in [4.78, 5) is 31.3. The van der Waals surface area contributed by atoms with Gasteiger partial charge in [0.15, 0.2) is 5.82 Å². The number of benzene rings is 2. The van der Waals surface area contributed by atoms with Gasteiger partial charge in [0.1, 0.15) is 16.5 Å². The normalized spacial score (nSPS) is 11.5. The van der Waals surface area contributed by atoms with Gasteiger partial charge >= 0.3 is 0 Å². The first-order valence-electron chi connectivity index (χ1n) is 11.3. The summed E-state index contributed by atoms with van der Waals surface area (Å²) < 4.78 is 5.41. The lowest BCUT2D eigenvalue weighted by Gasteiger charge is -2.14. The zero-order valence-electron chi connectivity index (χ0n) is 20.1. The van der Waals surface area contributed by atoms with E-state index >= 15 is 0 Å². The molecule has 4 rings (SSSR count). The lowest BCUT2D eigenvalue weighted by molar-refractivity contribution is -0.116. The van der Waals surface area contributed by atoms with E-state index < -0.39 is 0 Å². The number of thioether (sulfide) groups is 1. The third kappa shape index (κ3) is 5.69. The van der Waals surface area contributed by atoms with Crippen molar-refractivity contribution in [2.45, 2.75) is 6.92 Å². The van der Waals surface area contributed by atoms with Crippen LogP contribution in [-0.2, 0) is 4.79 Å². The van der Waals surface area contributed by atoms with Gasteiger partial charge in [-0.05, 0) is 44.0 Å². The average molecular weight is 499 g/mol. The quantitative estimate of drug-likeness (QED) is 0.180. The number of nitrogens with zero attached hydrogens (tertiary/aromatic N) is 4. The number of amides is 1. The highest BCUT2D eigenvalue weighted by atomic mass is 32.2. The molecule has 0 bridgehead atoms. The summed E-state index contributed by atoms with van der Waals surface area (Å²) in [5.41, 5.74) is 2.90. The van der Waals surface area contributed by atoms with Crippen molar-refractivity contribution in [2.75, 3.05) is 24.8 Å². The van der Waals surface area contributed by atoms with Gasteiger partial charge in [0, 0.05) is 35.5 Å². The summed E-state index contributed by atoms with van der Waals surface area (Å²) in [6.07, 6.45) is 3.43. The van der Waals surface area contributed by atoms with Crippen LogP contribution in [0.4, 0.5) is 5.82 Å². The SMILES string of the molecule is C=N/C(=C(\SCNc1nc(-c2cccnc2)nc2ccc(OC)cc12)C(=O)NCC)c1ccccc1. The summed E-state index contributed by atoms with van der Waals surface area (Å²) in [7, 11) is 1.62. The molecule has 0 aliphatic carbocycles. The van der Waals surface area contributed by atoms with Crippen LogP contribution in [0.1, 0.15) is 12.5 Å². The monoisotopic (exact) mass is 498 g/mol. The van der Waals surface area contributed by atoms with Crippen molar-refractivity contribution in [2.24, 2.45) is 4.99 Å². The Balaban J connectivity index is 1.69. The van der Waals surface area contributed by atoms with Gasteiger partial charge in [-0.15, -0.1) is 0 Å². The minimum Gasteiger partial charge on any atom is -0.497 e. The number of anilines is 1. The van der Waals surface area contributed by atoms with Crippen LogP contribution in [-0.4, -0.2) is 47.1 Å². The predicted molar refractivity (Wildman–Crippen MR) is 147 cm³/mol. The molecule has 2 aromatic heterocycles. The van der Waals surface area contributed by atoms with Crippen molar-refractivity contribution < 1.29 is 9.53 Å². The Morgan fingerprint density at radius 2 is 1.94 bits per heavy atom. The van der Waals surface area contributed by atoms with E-state index in [9.17, 15) is 4.79 Å². The maximum atomic E-state index is 12.9. The Kier molecular flexibility index (Phi) is 8.25. The van der Waals surface area contributed by atoms with Crippen molar-refractivity contribution in [1.82, 2.24) is 20.3 Å².